The molecule has 0 bridgehead atoms. The molecule has 4 heterocycles. The Bertz CT molecular complexity index is 800. The van der Waals surface area contributed by atoms with Gasteiger partial charge in [-0.2, -0.15) is 0 Å². The molecule has 4 aliphatic heterocycles. The fraction of sp³-hybridized carbons (Fsp3) is 0.708. The summed E-state index contributed by atoms with van der Waals surface area (Å²) in [6, 6.07) is 8.23. The van der Waals surface area contributed by atoms with Crippen LogP contribution in [0, 0.1) is 5.92 Å². The topological polar surface area (TPSA) is 95.7 Å². The number of fused-ring (bicyclic) bond motifs is 1. The monoisotopic (exact) mass is 456 g/mol. The second kappa shape index (κ2) is 10.7. The number of carbonyl (C=O) groups is 1. The number of anilines is 1. The second-order valence-electron chi connectivity index (χ2n) is 9.99. The molecule has 182 valence electrons. The van der Waals surface area contributed by atoms with Crippen LogP contribution in [0.1, 0.15) is 42.5 Å². The largest absolute Gasteiger partial charge is 0.382 e. The van der Waals surface area contributed by atoms with Gasteiger partial charge in [0.05, 0.1) is 18.5 Å². The van der Waals surface area contributed by atoms with Gasteiger partial charge in [-0.25, -0.2) is 10.9 Å². The predicted octanol–water partition coefficient (Wildman–Crippen LogP) is 0.304. The predicted molar refractivity (Wildman–Crippen MR) is 131 cm³/mol. The van der Waals surface area contributed by atoms with Crippen molar-refractivity contribution in [1.82, 2.24) is 36.6 Å². The van der Waals surface area contributed by atoms with Gasteiger partial charge in [0.2, 0.25) is 0 Å². The Hall–Kier alpha value is -1.75. The van der Waals surface area contributed by atoms with Crippen molar-refractivity contribution >= 4 is 11.6 Å². The van der Waals surface area contributed by atoms with Gasteiger partial charge in [0.25, 0.3) is 5.91 Å². The molecule has 4 aliphatic rings. The van der Waals surface area contributed by atoms with Gasteiger partial charge in [-0.3, -0.25) is 14.6 Å². The summed E-state index contributed by atoms with van der Waals surface area (Å²) in [7, 11) is 2.18. The number of carbonyl (C=O) groups excluding carboxylic acids is 1. The molecular weight excluding hydrogens is 416 g/mol. The summed E-state index contributed by atoms with van der Waals surface area (Å²) in [5.74, 6) is 0.666. The lowest BCUT2D eigenvalue weighted by Gasteiger charge is -2.33. The molecule has 1 aromatic rings. The molecule has 0 radical (unpaired) electrons. The molecule has 0 saturated carbocycles. The minimum Gasteiger partial charge on any atom is -0.382 e. The molecule has 9 heteroatoms. The lowest BCUT2D eigenvalue weighted by Crippen LogP contribution is -2.46. The van der Waals surface area contributed by atoms with E-state index in [1.165, 1.54) is 32.1 Å². The Morgan fingerprint density at radius 2 is 2.00 bits per heavy atom. The molecule has 9 nitrogen and oxygen atoms in total. The van der Waals surface area contributed by atoms with Crippen LogP contribution in [0.3, 0.4) is 0 Å². The van der Waals surface area contributed by atoms with Crippen molar-refractivity contribution in [3.63, 3.8) is 0 Å². The van der Waals surface area contributed by atoms with Crippen molar-refractivity contribution in [2.75, 3.05) is 51.6 Å². The van der Waals surface area contributed by atoms with Gasteiger partial charge >= 0.3 is 0 Å². The summed E-state index contributed by atoms with van der Waals surface area (Å²) in [6.45, 7) is 5.75. The molecule has 4 unspecified atom stereocenters. The van der Waals surface area contributed by atoms with Crippen LogP contribution in [0.5, 0.6) is 0 Å². The van der Waals surface area contributed by atoms with E-state index in [1.54, 1.807) is 0 Å². The Labute approximate surface area is 197 Å². The lowest BCUT2D eigenvalue weighted by molar-refractivity contribution is 0.0925. The third-order valence-corrected chi connectivity index (χ3v) is 7.88. The summed E-state index contributed by atoms with van der Waals surface area (Å²) in [6.07, 6.45) is 7.25. The molecule has 4 atom stereocenters. The summed E-state index contributed by atoms with van der Waals surface area (Å²) in [4.78, 5) is 17.7. The maximum Gasteiger partial charge on any atom is 0.251 e. The molecule has 0 aliphatic carbocycles. The Morgan fingerprint density at radius 1 is 1.12 bits per heavy atom. The van der Waals surface area contributed by atoms with E-state index in [9.17, 15) is 4.79 Å². The first-order chi connectivity index (χ1) is 16.2. The van der Waals surface area contributed by atoms with Gasteiger partial charge in [0.15, 0.2) is 0 Å². The number of benzene rings is 1. The third-order valence-electron chi connectivity index (χ3n) is 7.88. The molecule has 4 saturated heterocycles. The number of nitrogens with zero attached hydrogens (tertiary/aromatic N) is 2. The van der Waals surface area contributed by atoms with Crippen LogP contribution >= 0.6 is 0 Å². The summed E-state index contributed by atoms with van der Waals surface area (Å²) >= 11 is 0. The van der Waals surface area contributed by atoms with Gasteiger partial charge in [0, 0.05) is 43.5 Å². The van der Waals surface area contributed by atoms with Gasteiger partial charge in [-0.05, 0) is 76.4 Å². The number of amides is 1. The van der Waals surface area contributed by atoms with Crippen LogP contribution in [0.25, 0.3) is 0 Å². The molecule has 33 heavy (non-hydrogen) atoms. The zero-order valence-corrected chi connectivity index (χ0v) is 19.8. The van der Waals surface area contributed by atoms with Crippen molar-refractivity contribution in [2.24, 2.45) is 5.92 Å². The number of rotatable bonds is 7. The molecule has 1 aromatic carbocycles. The van der Waals surface area contributed by atoms with E-state index in [2.05, 4.69) is 49.0 Å². The van der Waals surface area contributed by atoms with Crippen LogP contribution in [0.4, 0.5) is 5.69 Å². The Kier molecular flexibility index (Phi) is 7.44. The van der Waals surface area contributed by atoms with E-state index in [1.807, 2.05) is 24.3 Å². The van der Waals surface area contributed by atoms with E-state index in [0.29, 0.717) is 36.4 Å². The number of piperidine rings is 2. The highest BCUT2D eigenvalue weighted by atomic mass is 16.1. The van der Waals surface area contributed by atoms with Crippen LogP contribution in [0.15, 0.2) is 24.3 Å². The molecule has 0 aromatic heterocycles. The maximum absolute atomic E-state index is 12.8. The van der Waals surface area contributed by atoms with Gasteiger partial charge in [-0.1, -0.05) is 6.07 Å². The second-order valence-corrected chi connectivity index (χ2v) is 9.99. The maximum atomic E-state index is 12.8. The zero-order valence-electron chi connectivity index (χ0n) is 19.8. The molecule has 5 rings (SSSR count). The summed E-state index contributed by atoms with van der Waals surface area (Å²) in [5.41, 5.74) is 8.61. The Balaban J connectivity index is 1.10. The highest BCUT2D eigenvalue weighted by Crippen LogP contribution is 2.23. The molecule has 0 spiro atoms. The molecular formula is C24H40N8O. The minimum atomic E-state index is 0.00265. The molecule has 1 amide bonds. The first-order valence-electron chi connectivity index (χ1n) is 12.7. The third kappa shape index (κ3) is 5.34. The standard InChI is InChI=1S/C24H40N8O/c1-31-22(29-30-23(31)17-8-10-25-11-9-17)16-26-19-6-4-5-18(13-19)24(33)28-15-20-14-27-21-7-2-3-12-32(20)21/h4-6,13,17,20-23,25-27,29-30H,2-3,7-12,14-16H2,1H3,(H,28,33). The molecule has 6 N–H and O–H groups in total. The number of hydrogen-bond donors (Lipinski definition) is 6. The Morgan fingerprint density at radius 3 is 2.88 bits per heavy atom. The van der Waals surface area contributed by atoms with E-state index >= 15 is 0 Å². The quantitative estimate of drug-likeness (QED) is 0.349. The van der Waals surface area contributed by atoms with Crippen molar-refractivity contribution < 1.29 is 4.79 Å². The summed E-state index contributed by atoms with van der Waals surface area (Å²) in [5, 5.41) is 13.7. The normalized spacial score (nSPS) is 31.4. The number of likely N-dealkylation sites (N-methyl/N-ethyl adjacent to an activating group) is 1. The highest BCUT2D eigenvalue weighted by molar-refractivity contribution is 5.95. The van der Waals surface area contributed by atoms with E-state index < -0.39 is 0 Å². The number of hydrazine groups is 1. The zero-order chi connectivity index (χ0) is 22.6. The smallest absolute Gasteiger partial charge is 0.251 e. The van der Waals surface area contributed by atoms with Crippen molar-refractivity contribution in [2.45, 2.75) is 56.6 Å². The van der Waals surface area contributed by atoms with Crippen LogP contribution in [-0.2, 0) is 0 Å². The minimum absolute atomic E-state index is 0.00265. The van der Waals surface area contributed by atoms with Crippen LogP contribution in [-0.4, -0.2) is 86.6 Å². The average Bonchev–Trinajstić information content (AvgIpc) is 3.45. The van der Waals surface area contributed by atoms with Crippen LogP contribution in [0.2, 0.25) is 0 Å². The van der Waals surface area contributed by atoms with Gasteiger partial charge in [-0.15, -0.1) is 0 Å². The highest BCUT2D eigenvalue weighted by Gasteiger charge is 2.36. The summed E-state index contributed by atoms with van der Waals surface area (Å²) < 4.78 is 0. The van der Waals surface area contributed by atoms with Crippen molar-refractivity contribution in [3.8, 4) is 0 Å². The molecule has 4 fully saturated rings. The van der Waals surface area contributed by atoms with E-state index in [4.69, 9.17) is 0 Å². The van der Waals surface area contributed by atoms with Gasteiger partial charge < -0.3 is 21.3 Å². The van der Waals surface area contributed by atoms with Crippen LogP contribution < -0.4 is 32.1 Å². The number of hydrogen-bond acceptors (Lipinski definition) is 8. The van der Waals surface area contributed by atoms with E-state index in [0.717, 1.165) is 38.4 Å². The van der Waals surface area contributed by atoms with Gasteiger partial charge in [0.1, 0.15) is 0 Å². The fourth-order valence-electron chi connectivity index (χ4n) is 5.87. The first kappa shape index (κ1) is 23.0. The van der Waals surface area contributed by atoms with Crippen molar-refractivity contribution in [3.05, 3.63) is 29.8 Å². The number of nitrogens with one attached hydrogen (secondary N) is 6. The average molecular weight is 457 g/mol. The lowest BCUT2D eigenvalue weighted by atomic mass is 9.94. The van der Waals surface area contributed by atoms with Crippen molar-refractivity contribution in [1.29, 1.82) is 0 Å². The van der Waals surface area contributed by atoms with E-state index in [-0.39, 0.29) is 12.1 Å². The fourth-order valence-corrected chi connectivity index (χ4v) is 5.87. The SMILES string of the molecule is CN1C(CNc2cccc(C(=O)NCC3CNC4CCCCN34)c2)NNC1C1CCNCC1. The first-order valence-corrected chi connectivity index (χ1v) is 12.7.